The fraction of sp³-hybridized carbons (Fsp3) is 0.421. The van der Waals surface area contributed by atoms with E-state index in [2.05, 4.69) is 22.4 Å². The highest BCUT2D eigenvalue weighted by atomic mass is 32.1. The molecule has 26 heavy (non-hydrogen) atoms. The summed E-state index contributed by atoms with van der Waals surface area (Å²) in [6.45, 7) is 4.70. The molecule has 1 amide bonds. The van der Waals surface area contributed by atoms with Crippen LogP contribution >= 0.6 is 11.3 Å². The van der Waals surface area contributed by atoms with Crippen LogP contribution in [0.15, 0.2) is 24.3 Å². The number of nitrogens with zero attached hydrogens (tertiary/aromatic N) is 2. The number of carbonyl (C=O) groups excluding carboxylic acids is 1. The van der Waals surface area contributed by atoms with Gasteiger partial charge in [0.05, 0.1) is 13.7 Å². The summed E-state index contributed by atoms with van der Waals surface area (Å²) >= 11 is 1.33. The largest absolute Gasteiger partial charge is 0.493 e. The predicted molar refractivity (Wildman–Crippen MR) is 105 cm³/mol. The number of hydrogen-bond acceptors (Lipinski definition) is 6. The fourth-order valence-electron chi connectivity index (χ4n) is 2.28. The Morgan fingerprint density at radius 2 is 2.08 bits per heavy atom. The van der Waals surface area contributed by atoms with Crippen LogP contribution in [0, 0.1) is 6.92 Å². The van der Waals surface area contributed by atoms with Gasteiger partial charge in [-0.1, -0.05) is 43.6 Å². The topological polar surface area (TPSA) is 73.3 Å². The molecule has 0 spiro atoms. The van der Waals surface area contributed by atoms with Crippen molar-refractivity contribution >= 4 is 28.5 Å². The fourth-order valence-corrected chi connectivity index (χ4v) is 2.88. The molecule has 0 aliphatic rings. The van der Waals surface area contributed by atoms with E-state index in [0.29, 0.717) is 17.5 Å². The lowest BCUT2D eigenvalue weighted by molar-refractivity contribution is -0.111. The summed E-state index contributed by atoms with van der Waals surface area (Å²) in [4.78, 5) is 11.9. The van der Waals surface area contributed by atoms with E-state index in [4.69, 9.17) is 9.47 Å². The van der Waals surface area contributed by atoms with Crippen LogP contribution in [0.4, 0.5) is 5.13 Å². The number of aromatic nitrogens is 2. The first-order chi connectivity index (χ1) is 12.6. The molecule has 140 valence electrons. The Morgan fingerprint density at radius 1 is 1.23 bits per heavy atom. The minimum absolute atomic E-state index is 0.253. The highest BCUT2D eigenvalue weighted by Gasteiger charge is 2.06. The molecule has 0 saturated heterocycles. The van der Waals surface area contributed by atoms with E-state index in [-0.39, 0.29) is 5.91 Å². The maximum atomic E-state index is 11.9. The molecular formula is C19H25N3O3S. The Labute approximate surface area is 158 Å². The highest BCUT2D eigenvalue weighted by Crippen LogP contribution is 2.28. The zero-order valence-corrected chi connectivity index (χ0v) is 16.3. The van der Waals surface area contributed by atoms with Crippen LogP contribution in [-0.2, 0) is 4.79 Å². The van der Waals surface area contributed by atoms with Crippen molar-refractivity contribution in [2.75, 3.05) is 19.0 Å². The summed E-state index contributed by atoms with van der Waals surface area (Å²) in [5, 5.41) is 11.7. The summed E-state index contributed by atoms with van der Waals surface area (Å²) in [6.07, 6.45) is 7.81. The molecule has 1 N–H and O–H groups in total. The first-order valence-electron chi connectivity index (χ1n) is 8.72. The SMILES string of the molecule is CCCCCCOc1ccc(/C=C/C(=O)Nc2nnc(C)s2)cc1OC. The van der Waals surface area contributed by atoms with Gasteiger partial charge in [-0.2, -0.15) is 0 Å². The molecule has 6 nitrogen and oxygen atoms in total. The first kappa shape index (κ1) is 19.9. The molecule has 0 atom stereocenters. The standard InChI is InChI=1S/C19H25N3O3S/c1-4-5-6-7-12-25-16-10-8-15(13-17(16)24-3)9-11-18(23)20-19-22-21-14(2)26-19/h8-11,13H,4-7,12H2,1-3H3,(H,20,22,23)/b11-9+. The zero-order chi connectivity index (χ0) is 18.8. The minimum Gasteiger partial charge on any atom is -0.493 e. The quantitative estimate of drug-likeness (QED) is 0.490. The van der Waals surface area contributed by atoms with Gasteiger partial charge in [-0.05, 0) is 37.1 Å². The number of anilines is 1. The maximum absolute atomic E-state index is 11.9. The van der Waals surface area contributed by atoms with Gasteiger partial charge in [-0.25, -0.2) is 0 Å². The molecule has 0 aliphatic carbocycles. The number of ether oxygens (including phenoxy) is 2. The third kappa shape index (κ3) is 6.48. The van der Waals surface area contributed by atoms with Gasteiger partial charge in [0, 0.05) is 6.08 Å². The molecule has 1 aromatic heterocycles. The lowest BCUT2D eigenvalue weighted by Crippen LogP contribution is -2.07. The Morgan fingerprint density at radius 3 is 2.77 bits per heavy atom. The van der Waals surface area contributed by atoms with Crippen molar-refractivity contribution in [2.24, 2.45) is 0 Å². The third-order valence-corrected chi connectivity index (χ3v) is 4.38. The number of unbranched alkanes of at least 4 members (excludes halogenated alkanes) is 3. The van der Waals surface area contributed by atoms with Crippen LogP contribution < -0.4 is 14.8 Å². The lowest BCUT2D eigenvalue weighted by atomic mass is 10.2. The van der Waals surface area contributed by atoms with E-state index in [9.17, 15) is 4.79 Å². The van der Waals surface area contributed by atoms with Gasteiger partial charge >= 0.3 is 0 Å². The summed E-state index contributed by atoms with van der Waals surface area (Å²) in [5.41, 5.74) is 0.851. The molecule has 0 saturated carbocycles. The first-order valence-corrected chi connectivity index (χ1v) is 9.54. The Bertz CT molecular complexity index is 743. The number of rotatable bonds is 10. The van der Waals surface area contributed by atoms with Crippen LogP contribution in [0.2, 0.25) is 0 Å². The average molecular weight is 375 g/mol. The number of carbonyl (C=O) groups is 1. The van der Waals surface area contributed by atoms with Crippen LogP contribution in [0.5, 0.6) is 11.5 Å². The second-order valence-corrected chi connectivity index (χ2v) is 6.95. The monoisotopic (exact) mass is 375 g/mol. The van der Waals surface area contributed by atoms with Gasteiger partial charge < -0.3 is 9.47 Å². The lowest BCUT2D eigenvalue weighted by Gasteiger charge is -2.11. The Hall–Kier alpha value is -2.41. The van der Waals surface area contributed by atoms with E-state index in [1.807, 2.05) is 25.1 Å². The molecule has 1 aromatic carbocycles. The van der Waals surface area contributed by atoms with Crippen molar-refractivity contribution in [2.45, 2.75) is 39.5 Å². The van der Waals surface area contributed by atoms with Crippen molar-refractivity contribution in [3.63, 3.8) is 0 Å². The van der Waals surface area contributed by atoms with Gasteiger partial charge in [-0.15, -0.1) is 10.2 Å². The van der Waals surface area contributed by atoms with Crippen molar-refractivity contribution in [1.82, 2.24) is 10.2 Å². The van der Waals surface area contributed by atoms with Crippen molar-refractivity contribution < 1.29 is 14.3 Å². The molecule has 0 bridgehead atoms. The molecule has 1 heterocycles. The number of methoxy groups -OCH3 is 1. The number of hydrogen-bond donors (Lipinski definition) is 1. The minimum atomic E-state index is -0.253. The van der Waals surface area contributed by atoms with E-state index in [1.54, 1.807) is 13.2 Å². The highest BCUT2D eigenvalue weighted by molar-refractivity contribution is 7.15. The zero-order valence-electron chi connectivity index (χ0n) is 15.4. The van der Waals surface area contributed by atoms with Gasteiger partial charge in [0.15, 0.2) is 11.5 Å². The smallest absolute Gasteiger partial charge is 0.250 e. The maximum Gasteiger partial charge on any atom is 0.250 e. The normalized spacial score (nSPS) is 10.9. The van der Waals surface area contributed by atoms with Crippen molar-refractivity contribution in [1.29, 1.82) is 0 Å². The molecule has 0 radical (unpaired) electrons. The number of amides is 1. The van der Waals surface area contributed by atoms with Crippen LogP contribution in [0.25, 0.3) is 6.08 Å². The van der Waals surface area contributed by atoms with Crippen LogP contribution in [0.3, 0.4) is 0 Å². The van der Waals surface area contributed by atoms with Crippen molar-refractivity contribution in [3.05, 3.63) is 34.8 Å². The van der Waals surface area contributed by atoms with E-state index >= 15 is 0 Å². The third-order valence-electron chi connectivity index (χ3n) is 3.63. The molecule has 0 aliphatic heterocycles. The summed E-state index contributed by atoms with van der Waals surface area (Å²) in [7, 11) is 1.61. The average Bonchev–Trinajstić information content (AvgIpc) is 3.05. The van der Waals surface area contributed by atoms with Crippen LogP contribution in [0.1, 0.15) is 43.2 Å². The van der Waals surface area contributed by atoms with E-state index in [1.165, 1.54) is 36.7 Å². The summed E-state index contributed by atoms with van der Waals surface area (Å²) < 4.78 is 11.2. The number of aryl methyl sites for hydroxylation is 1. The van der Waals surface area contributed by atoms with Gasteiger partial charge in [0.1, 0.15) is 5.01 Å². The summed E-state index contributed by atoms with van der Waals surface area (Å²) in [5.74, 6) is 1.12. The Kier molecular flexibility index (Phi) is 8.08. The molecule has 7 heteroatoms. The molecular weight excluding hydrogens is 350 g/mol. The van der Waals surface area contributed by atoms with Gasteiger partial charge in [0.25, 0.3) is 0 Å². The number of nitrogens with one attached hydrogen (secondary N) is 1. The Balaban J connectivity index is 1.91. The summed E-state index contributed by atoms with van der Waals surface area (Å²) in [6, 6.07) is 5.60. The van der Waals surface area contributed by atoms with E-state index in [0.717, 1.165) is 22.7 Å². The second-order valence-electron chi connectivity index (χ2n) is 5.77. The molecule has 0 fully saturated rings. The molecule has 2 aromatic rings. The molecule has 2 rings (SSSR count). The van der Waals surface area contributed by atoms with Gasteiger partial charge in [-0.3, -0.25) is 10.1 Å². The van der Waals surface area contributed by atoms with Gasteiger partial charge in [0.2, 0.25) is 11.0 Å². The van der Waals surface area contributed by atoms with E-state index < -0.39 is 0 Å². The predicted octanol–water partition coefficient (Wildman–Crippen LogP) is 4.47. The molecule has 0 unspecified atom stereocenters. The second kappa shape index (κ2) is 10.6. The number of benzene rings is 1. The van der Waals surface area contributed by atoms with Crippen molar-refractivity contribution in [3.8, 4) is 11.5 Å². The van der Waals surface area contributed by atoms with Crippen LogP contribution in [-0.4, -0.2) is 29.8 Å².